The van der Waals surface area contributed by atoms with E-state index in [9.17, 15) is 8.42 Å². The molecule has 4 heteroatoms. The van der Waals surface area contributed by atoms with Crippen LogP contribution in [0.15, 0.2) is 41.3 Å². The van der Waals surface area contributed by atoms with Gasteiger partial charge in [0.1, 0.15) is 0 Å². The Bertz CT molecular complexity index is 673. The number of fused-ring (bicyclic) bond motifs is 2. The van der Waals surface area contributed by atoms with Crippen molar-refractivity contribution < 1.29 is 8.42 Å². The number of rotatable bonds is 3. The third kappa shape index (κ3) is 2.34. The smallest absolute Gasteiger partial charge is 0.207 e. The number of nitrogens with one attached hydrogen (secondary N) is 1. The lowest BCUT2D eigenvalue weighted by molar-refractivity contribution is 0.269. The number of hydrogen-bond acceptors (Lipinski definition) is 2. The monoisotopic (exact) mass is 305 g/mol. The third-order valence-electron chi connectivity index (χ3n) is 5.50. The second kappa shape index (κ2) is 4.68. The molecule has 0 aromatic heterocycles. The van der Waals surface area contributed by atoms with Crippen LogP contribution in [0, 0.1) is 24.2 Å². The van der Waals surface area contributed by atoms with Gasteiger partial charge in [0.05, 0.1) is 4.90 Å². The van der Waals surface area contributed by atoms with Gasteiger partial charge in [-0.25, -0.2) is 13.1 Å². The molecular weight excluding hydrogens is 282 g/mol. The third-order valence-corrected chi connectivity index (χ3v) is 7.00. The first-order valence-electron chi connectivity index (χ1n) is 7.50. The van der Waals surface area contributed by atoms with Crippen LogP contribution < -0.4 is 4.72 Å². The Hall–Kier alpha value is -1.13. The molecule has 0 aliphatic heterocycles. The van der Waals surface area contributed by atoms with E-state index in [1.807, 2.05) is 19.1 Å². The number of aryl methyl sites for hydroxylation is 1. The first kappa shape index (κ1) is 14.8. The molecule has 2 bridgehead atoms. The molecule has 3 nitrogen and oxygen atoms in total. The lowest BCUT2D eigenvalue weighted by Gasteiger charge is -2.36. The fourth-order valence-electron chi connectivity index (χ4n) is 3.87. The Labute approximate surface area is 127 Å². The van der Waals surface area contributed by atoms with Gasteiger partial charge in [-0.15, -0.1) is 0 Å². The Morgan fingerprint density at radius 1 is 1.19 bits per heavy atom. The molecule has 114 valence electrons. The van der Waals surface area contributed by atoms with E-state index >= 15 is 0 Å². The molecule has 3 atom stereocenters. The molecule has 0 unspecified atom stereocenters. The van der Waals surface area contributed by atoms with Gasteiger partial charge in [0.25, 0.3) is 0 Å². The van der Waals surface area contributed by atoms with Crippen LogP contribution in [0.2, 0.25) is 0 Å². The summed E-state index contributed by atoms with van der Waals surface area (Å²) in [6.07, 6.45) is 1.98. The second-order valence-electron chi connectivity index (χ2n) is 7.06. The quantitative estimate of drug-likeness (QED) is 0.871. The van der Waals surface area contributed by atoms with Crippen LogP contribution in [-0.2, 0) is 10.0 Å². The summed E-state index contributed by atoms with van der Waals surface area (Å²) in [6.45, 7) is 10.6. The second-order valence-corrected chi connectivity index (χ2v) is 8.78. The van der Waals surface area contributed by atoms with E-state index in [1.54, 1.807) is 12.1 Å². The van der Waals surface area contributed by atoms with Crippen LogP contribution in [0.1, 0.15) is 32.3 Å². The average Bonchev–Trinajstić information content (AvgIpc) is 2.89. The molecule has 0 saturated heterocycles. The molecule has 0 heterocycles. The van der Waals surface area contributed by atoms with E-state index in [1.165, 1.54) is 5.57 Å². The molecule has 2 fully saturated rings. The highest BCUT2D eigenvalue weighted by Gasteiger charge is 2.53. The molecule has 0 radical (unpaired) electrons. The van der Waals surface area contributed by atoms with E-state index in [0.29, 0.717) is 10.8 Å². The Kier molecular flexibility index (Phi) is 3.30. The van der Waals surface area contributed by atoms with Gasteiger partial charge in [0.15, 0.2) is 0 Å². The van der Waals surface area contributed by atoms with Gasteiger partial charge in [0.2, 0.25) is 10.0 Å². The molecule has 1 aromatic carbocycles. The minimum absolute atomic E-state index is 0.00169. The lowest BCUT2D eigenvalue weighted by atomic mass is 9.72. The van der Waals surface area contributed by atoms with E-state index < -0.39 is 10.0 Å². The number of sulfonamides is 1. The van der Waals surface area contributed by atoms with Crippen molar-refractivity contribution in [1.29, 1.82) is 0 Å². The highest BCUT2D eigenvalue weighted by atomic mass is 32.2. The largest absolute Gasteiger partial charge is 0.240 e. The Morgan fingerprint density at radius 2 is 1.81 bits per heavy atom. The van der Waals surface area contributed by atoms with E-state index in [4.69, 9.17) is 0 Å². The summed E-state index contributed by atoms with van der Waals surface area (Å²) < 4.78 is 27.9. The van der Waals surface area contributed by atoms with Crippen molar-refractivity contribution >= 4 is 10.0 Å². The summed E-state index contributed by atoms with van der Waals surface area (Å²) in [5.41, 5.74) is 2.41. The zero-order valence-electron chi connectivity index (χ0n) is 12.9. The average molecular weight is 305 g/mol. The van der Waals surface area contributed by atoms with Gasteiger partial charge in [-0.05, 0) is 49.1 Å². The van der Waals surface area contributed by atoms with Gasteiger partial charge >= 0.3 is 0 Å². The SMILES string of the molecule is C=C1[C@H]2C[C@H](C[C@H]2NS(=O)(=O)c2ccc(C)cc2)C1(C)C. The highest BCUT2D eigenvalue weighted by molar-refractivity contribution is 7.89. The minimum atomic E-state index is -3.43. The van der Waals surface area contributed by atoms with Crippen LogP contribution >= 0.6 is 0 Å². The van der Waals surface area contributed by atoms with Crippen molar-refractivity contribution in [2.45, 2.75) is 44.6 Å². The summed E-state index contributed by atoms with van der Waals surface area (Å²) in [4.78, 5) is 0.348. The van der Waals surface area contributed by atoms with Gasteiger partial charge in [-0.3, -0.25) is 0 Å². The highest BCUT2D eigenvalue weighted by Crippen LogP contribution is 2.58. The molecular formula is C17H23NO2S. The fourth-order valence-corrected chi connectivity index (χ4v) is 5.16. The maximum atomic E-state index is 12.5. The van der Waals surface area contributed by atoms with Crippen LogP contribution in [0.4, 0.5) is 0 Å². The Balaban J connectivity index is 1.79. The molecule has 2 aliphatic carbocycles. The van der Waals surface area contributed by atoms with Crippen LogP contribution in [-0.4, -0.2) is 14.5 Å². The standard InChI is InChI=1S/C17H23NO2S/c1-11-5-7-14(8-6-11)21(19,20)18-16-10-13-9-15(16)12(2)17(13,3)4/h5-8,13,15-16,18H,2,9-10H2,1,3-4H3/t13-,15-,16-/m1/s1. The fraction of sp³-hybridized carbons (Fsp3) is 0.529. The van der Waals surface area contributed by atoms with Gasteiger partial charge in [-0.1, -0.05) is 43.7 Å². The van der Waals surface area contributed by atoms with Crippen molar-refractivity contribution in [3.05, 3.63) is 42.0 Å². The maximum absolute atomic E-state index is 12.5. The number of benzene rings is 1. The van der Waals surface area contributed by atoms with Crippen LogP contribution in [0.3, 0.4) is 0 Å². The van der Waals surface area contributed by atoms with Gasteiger partial charge in [0, 0.05) is 6.04 Å². The molecule has 1 aromatic rings. The topological polar surface area (TPSA) is 46.2 Å². The molecule has 3 rings (SSSR count). The molecule has 21 heavy (non-hydrogen) atoms. The molecule has 1 N–H and O–H groups in total. The molecule has 2 aliphatic rings. The predicted molar refractivity (Wildman–Crippen MR) is 84.4 cm³/mol. The van der Waals surface area contributed by atoms with E-state index in [-0.39, 0.29) is 17.4 Å². The van der Waals surface area contributed by atoms with Crippen LogP contribution in [0.25, 0.3) is 0 Å². The summed E-state index contributed by atoms with van der Waals surface area (Å²) in [7, 11) is -3.43. The first-order chi connectivity index (χ1) is 9.72. The molecule has 2 saturated carbocycles. The van der Waals surface area contributed by atoms with Crippen molar-refractivity contribution in [1.82, 2.24) is 4.72 Å². The molecule has 0 amide bonds. The van der Waals surface area contributed by atoms with E-state index in [0.717, 1.165) is 18.4 Å². The maximum Gasteiger partial charge on any atom is 0.240 e. The Morgan fingerprint density at radius 3 is 2.33 bits per heavy atom. The van der Waals surface area contributed by atoms with Crippen molar-refractivity contribution in [2.75, 3.05) is 0 Å². The summed E-state index contributed by atoms with van der Waals surface area (Å²) in [5, 5.41) is 0. The summed E-state index contributed by atoms with van der Waals surface area (Å²) in [5.74, 6) is 0.825. The predicted octanol–water partition coefficient (Wildman–Crippen LogP) is 3.26. The molecule has 0 spiro atoms. The normalized spacial score (nSPS) is 30.8. The van der Waals surface area contributed by atoms with Crippen LogP contribution in [0.5, 0.6) is 0 Å². The van der Waals surface area contributed by atoms with E-state index in [2.05, 4.69) is 25.1 Å². The zero-order chi connectivity index (χ0) is 15.4. The zero-order valence-corrected chi connectivity index (χ0v) is 13.7. The summed E-state index contributed by atoms with van der Waals surface area (Å²) in [6, 6.07) is 7.00. The first-order valence-corrected chi connectivity index (χ1v) is 8.98. The van der Waals surface area contributed by atoms with Gasteiger partial charge in [-0.2, -0.15) is 0 Å². The summed E-state index contributed by atoms with van der Waals surface area (Å²) >= 11 is 0. The van der Waals surface area contributed by atoms with Crippen molar-refractivity contribution in [3.63, 3.8) is 0 Å². The minimum Gasteiger partial charge on any atom is -0.207 e. The van der Waals surface area contributed by atoms with Crippen molar-refractivity contribution in [3.8, 4) is 0 Å². The number of hydrogen-bond donors (Lipinski definition) is 1. The van der Waals surface area contributed by atoms with Gasteiger partial charge < -0.3 is 0 Å². The lowest BCUT2D eigenvalue weighted by Crippen LogP contribution is -2.42. The van der Waals surface area contributed by atoms with Crippen molar-refractivity contribution in [2.24, 2.45) is 17.3 Å².